The van der Waals surface area contributed by atoms with Crippen LogP contribution >= 0.6 is 0 Å². The van der Waals surface area contributed by atoms with E-state index < -0.39 is 17.8 Å². The number of amides is 2. The summed E-state index contributed by atoms with van der Waals surface area (Å²) in [5, 5.41) is 24.9. The van der Waals surface area contributed by atoms with Crippen LogP contribution in [0.4, 0.5) is 5.69 Å². The van der Waals surface area contributed by atoms with Crippen LogP contribution in [0.25, 0.3) is 22.5 Å². The molecule has 3 aromatic rings. The first kappa shape index (κ1) is 26.8. The smallest absolute Gasteiger partial charge is 0.303 e. The molecular weight excluding hydrogens is 486 g/mol. The first-order valence-corrected chi connectivity index (χ1v) is 11.0. The molecule has 2 aromatic carbocycles. The summed E-state index contributed by atoms with van der Waals surface area (Å²) in [6.45, 7) is -0.341. The molecule has 1 aromatic heterocycles. The molecular formula is C24H27N5O8. The van der Waals surface area contributed by atoms with Gasteiger partial charge in [-0.2, -0.15) is 15.4 Å². The van der Waals surface area contributed by atoms with Crippen LogP contribution in [0.1, 0.15) is 12.8 Å². The second-order valence-electron chi connectivity index (χ2n) is 7.57. The van der Waals surface area contributed by atoms with Crippen LogP contribution in [0.2, 0.25) is 0 Å². The van der Waals surface area contributed by atoms with Crippen molar-refractivity contribution in [1.82, 2.24) is 20.7 Å². The van der Waals surface area contributed by atoms with Crippen molar-refractivity contribution in [3.8, 4) is 45.5 Å². The lowest BCUT2D eigenvalue weighted by Gasteiger charge is -2.14. The maximum absolute atomic E-state index is 12.4. The Morgan fingerprint density at radius 3 is 2.00 bits per heavy atom. The molecule has 13 heteroatoms. The first-order valence-electron chi connectivity index (χ1n) is 11.0. The number of H-pyrrole nitrogens is 1. The van der Waals surface area contributed by atoms with Gasteiger partial charge in [0.1, 0.15) is 17.1 Å². The average Bonchev–Trinajstić information content (AvgIpc) is 3.39. The second-order valence-corrected chi connectivity index (χ2v) is 7.57. The molecule has 0 aliphatic rings. The molecule has 0 saturated carbocycles. The Morgan fingerprint density at radius 2 is 1.43 bits per heavy atom. The molecule has 0 bridgehead atoms. The number of anilines is 1. The van der Waals surface area contributed by atoms with E-state index >= 15 is 0 Å². The van der Waals surface area contributed by atoms with E-state index in [2.05, 4.69) is 26.0 Å². The molecule has 0 radical (unpaired) electrons. The van der Waals surface area contributed by atoms with Crippen molar-refractivity contribution in [2.45, 2.75) is 12.8 Å². The highest BCUT2D eigenvalue weighted by Gasteiger charge is 2.20. The van der Waals surface area contributed by atoms with Gasteiger partial charge < -0.3 is 34.7 Å². The van der Waals surface area contributed by atoms with E-state index in [1.165, 1.54) is 28.4 Å². The lowest BCUT2D eigenvalue weighted by molar-refractivity contribution is -0.138. The average molecular weight is 514 g/mol. The fourth-order valence-corrected chi connectivity index (χ4v) is 3.49. The van der Waals surface area contributed by atoms with Gasteiger partial charge in [0.2, 0.25) is 17.6 Å². The van der Waals surface area contributed by atoms with Crippen LogP contribution in [-0.2, 0) is 14.4 Å². The highest BCUT2D eigenvalue weighted by molar-refractivity contribution is 5.97. The van der Waals surface area contributed by atoms with E-state index in [1.807, 2.05) is 0 Å². The number of methoxy groups -OCH3 is 4. The number of ether oxygens (including phenoxy) is 4. The Hall–Kier alpha value is -4.81. The summed E-state index contributed by atoms with van der Waals surface area (Å²) in [6, 6.07) is 8.54. The third kappa shape index (κ3) is 6.45. The van der Waals surface area contributed by atoms with E-state index in [0.29, 0.717) is 51.2 Å². The maximum Gasteiger partial charge on any atom is 0.303 e. The number of aromatic nitrogens is 3. The number of aliphatic carboxylic acids is 1. The predicted molar refractivity (Wildman–Crippen MR) is 132 cm³/mol. The Morgan fingerprint density at radius 1 is 0.811 bits per heavy atom. The number of carboxylic acids is 1. The van der Waals surface area contributed by atoms with Crippen molar-refractivity contribution in [3.05, 3.63) is 30.3 Å². The minimum absolute atomic E-state index is 0.225. The molecule has 0 aliphatic heterocycles. The largest absolute Gasteiger partial charge is 0.495 e. The summed E-state index contributed by atoms with van der Waals surface area (Å²) in [7, 11) is 5.99. The van der Waals surface area contributed by atoms with Crippen molar-refractivity contribution < 1.29 is 38.4 Å². The van der Waals surface area contributed by atoms with E-state index in [4.69, 9.17) is 24.1 Å². The Labute approximate surface area is 212 Å². The first-order chi connectivity index (χ1) is 17.8. The van der Waals surface area contributed by atoms with Crippen LogP contribution in [0.5, 0.6) is 23.0 Å². The number of benzene rings is 2. The number of hydrogen-bond donors (Lipinski definition) is 4. The number of nitrogens with one attached hydrogen (secondary N) is 3. The molecule has 0 saturated heterocycles. The quantitative estimate of drug-likeness (QED) is 0.281. The Kier molecular flexibility index (Phi) is 8.86. The molecule has 13 nitrogen and oxygen atoms in total. The van der Waals surface area contributed by atoms with Gasteiger partial charge in [0.25, 0.3) is 0 Å². The van der Waals surface area contributed by atoms with Crippen molar-refractivity contribution in [1.29, 1.82) is 0 Å². The summed E-state index contributed by atoms with van der Waals surface area (Å²) in [5.41, 5.74) is 2.56. The SMILES string of the molecule is COc1ccc(-c2n[nH]nc2-c2cc(OC)c(OC)c(OC)c2)cc1NC(=O)CNC(=O)CCC(=O)O. The third-order valence-corrected chi connectivity index (χ3v) is 5.25. The van der Waals surface area contributed by atoms with Crippen LogP contribution in [0.15, 0.2) is 30.3 Å². The molecule has 37 heavy (non-hydrogen) atoms. The zero-order chi connectivity index (χ0) is 26.9. The maximum atomic E-state index is 12.4. The lowest BCUT2D eigenvalue weighted by atomic mass is 10.0. The van der Waals surface area contributed by atoms with Crippen LogP contribution in [-0.4, -0.2) is 73.3 Å². The fraction of sp³-hybridized carbons (Fsp3) is 0.292. The molecule has 0 aliphatic carbocycles. The molecule has 2 amide bonds. The molecule has 3 rings (SSSR count). The van der Waals surface area contributed by atoms with Gasteiger partial charge in [0, 0.05) is 17.5 Å². The van der Waals surface area contributed by atoms with Crippen LogP contribution < -0.4 is 29.6 Å². The number of carboxylic acid groups (broad SMARTS) is 1. The molecule has 0 spiro atoms. The van der Waals surface area contributed by atoms with Crippen LogP contribution in [0, 0.1) is 0 Å². The molecule has 4 N–H and O–H groups in total. The van der Waals surface area contributed by atoms with Gasteiger partial charge >= 0.3 is 5.97 Å². The van der Waals surface area contributed by atoms with Crippen molar-refractivity contribution >= 4 is 23.5 Å². The standard InChI is InChI=1S/C24H27N5O8/c1-34-16-6-5-13(9-15(16)26-20(31)12-25-19(30)7-8-21(32)33)22-23(28-29-27-22)14-10-17(35-2)24(37-4)18(11-14)36-3/h5-6,9-11H,7-8,12H2,1-4H3,(H,25,30)(H,26,31)(H,32,33)(H,27,28,29). The predicted octanol–water partition coefficient (Wildman–Crippen LogP) is 2.09. The zero-order valence-electron chi connectivity index (χ0n) is 20.7. The number of rotatable bonds is 12. The summed E-state index contributed by atoms with van der Waals surface area (Å²) >= 11 is 0. The van der Waals surface area contributed by atoms with Gasteiger partial charge in [0.15, 0.2) is 11.5 Å². The summed E-state index contributed by atoms with van der Waals surface area (Å²) < 4.78 is 21.6. The van der Waals surface area contributed by atoms with Crippen molar-refractivity contribution in [3.63, 3.8) is 0 Å². The third-order valence-electron chi connectivity index (χ3n) is 5.25. The number of nitrogens with zero attached hydrogens (tertiary/aromatic N) is 2. The van der Waals surface area contributed by atoms with Crippen molar-refractivity contribution in [2.75, 3.05) is 40.3 Å². The minimum Gasteiger partial charge on any atom is -0.495 e. The van der Waals surface area contributed by atoms with E-state index in [-0.39, 0.29) is 19.4 Å². The Bertz CT molecular complexity index is 1260. The lowest BCUT2D eigenvalue weighted by Crippen LogP contribution is -2.33. The Balaban J connectivity index is 1.87. The second kappa shape index (κ2) is 12.2. The number of carbonyl (C=O) groups excluding carboxylic acids is 2. The van der Waals surface area contributed by atoms with Crippen molar-refractivity contribution in [2.24, 2.45) is 0 Å². The van der Waals surface area contributed by atoms with Gasteiger partial charge in [-0.3, -0.25) is 14.4 Å². The van der Waals surface area contributed by atoms with Gasteiger partial charge in [-0.15, -0.1) is 0 Å². The molecule has 196 valence electrons. The number of hydrogen-bond acceptors (Lipinski definition) is 9. The molecule has 0 atom stereocenters. The highest BCUT2D eigenvalue weighted by atomic mass is 16.5. The molecule has 1 heterocycles. The molecule has 0 unspecified atom stereocenters. The van der Waals surface area contributed by atoms with E-state index in [9.17, 15) is 14.4 Å². The number of carbonyl (C=O) groups is 3. The monoisotopic (exact) mass is 513 g/mol. The normalized spacial score (nSPS) is 10.4. The zero-order valence-corrected chi connectivity index (χ0v) is 20.7. The minimum atomic E-state index is -1.10. The number of aromatic amines is 1. The van der Waals surface area contributed by atoms with E-state index in [0.717, 1.165) is 0 Å². The fourth-order valence-electron chi connectivity index (χ4n) is 3.49. The summed E-state index contributed by atoms with van der Waals surface area (Å²) in [6.07, 6.45) is -0.549. The van der Waals surface area contributed by atoms with E-state index in [1.54, 1.807) is 30.3 Å². The summed E-state index contributed by atoms with van der Waals surface area (Å²) in [5.74, 6) is -0.465. The van der Waals surface area contributed by atoms with Gasteiger partial charge in [0.05, 0.1) is 47.1 Å². The summed E-state index contributed by atoms with van der Waals surface area (Å²) in [4.78, 5) is 34.7. The topological polar surface area (TPSA) is 174 Å². The van der Waals surface area contributed by atoms with Gasteiger partial charge in [-0.25, -0.2) is 0 Å². The van der Waals surface area contributed by atoms with Gasteiger partial charge in [-0.1, -0.05) is 0 Å². The van der Waals surface area contributed by atoms with Crippen LogP contribution in [0.3, 0.4) is 0 Å². The van der Waals surface area contributed by atoms with Gasteiger partial charge in [-0.05, 0) is 30.3 Å². The highest BCUT2D eigenvalue weighted by Crippen LogP contribution is 2.42. The molecule has 0 fully saturated rings.